The minimum Gasteiger partial charge on any atom is -0.497 e. The first kappa shape index (κ1) is 15.8. The first-order valence-electron chi connectivity index (χ1n) is 7.53. The third kappa shape index (κ3) is 3.14. The summed E-state index contributed by atoms with van der Waals surface area (Å²) in [5.74, 6) is 1.09. The molecule has 0 atom stereocenters. The molecule has 0 spiro atoms. The minimum absolute atomic E-state index is 0.299. The van der Waals surface area contributed by atoms with Crippen LogP contribution in [0.2, 0.25) is 0 Å². The molecule has 4 nitrogen and oxygen atoms in total. The Morgan fingerprint density at radius 2 is 1.96 bits per heavy atom. The molecule has 4 rings (SSSR count). The van der Waals surface area contributed by atoms with Crippen molar-refractivity contribution in [2.24, 2.45) is 0 Å². The summed E-state index contributed by atoms with van der Waals surface area (Å²) in [6.07, 6.45) is 3.55. The highest BCUT2D eigenvalue weighted by atomic mass is 32.1. The highest BCUT2D eigenvalue weighted by Gasteiger charge is 2.14. The number of aromatic nitrogens is 1. The lowest BCUT2D eigenvalue weighted by Crippen LogP contribution is -2.01. The summed E-state index contributed by atoms with van der Waals surface area (Å²) in [5.41, 5.74) is 1.50. The van der Waals surface area contributed by atoms with Crippen molar-refractivity contribution in [2.75, 3.05) is 7.11 Å². The number of hydrogen-bond acceptors (Lipinski definition) is 6. The molecule has 0 saturated heterocycles. The van der Waals surface area contributed by atoms with Crippen LogP contribution in [0.25, 0.3) is 32.8 Å². The van der Waals surface area contributed by atoms with E-state index in [9.17, 15) is 4.79 Å². The van der Waals surface area contributed by atoms with E-state index in [4.69, 9.17) is 9.15 Å². The van der Waals surface area contributed by atoms with Crippen LogP contribution in [0.1, 0.15) is 11.5 Å². The van der Waals surface area contributed by atoms with Gasteiger partial charge in [-0.25, -0.2) is 9.78 Å². The maximum absolute atomic E-state index is 12.4. The number of methoxy groups -OCH3 is 1. The van der Waals surface area contributed by atoms with E-state index in [1.54, 1.807) is 24.5 Å². The molecule has 0 saturated carbocycles. The van der Waals surface area contributed by atoms with Crippen molar-refractivity contribution in [3.05, 3.63) is 69.0 Å². The number of thiophene rings is 2. The Morgan fingerprint density at radius 1 is 1.12 bits per heavy atom. The van der Waals surface area contributed by atoms with Crippen LogP contribution in [0.5, 0.6) is 5.75 Å². The molecule has 0 unspecified atom stereocenters. The predicted octanol–water partition coefficient (Wildman–Crippen LogP) is 5.16. The molecule has 0 aliphatic rings. The molecular formula is C19H13NO3S2. The van der Waals surface area contributed by atoms with Crippen LogP contribution in [-0.2, 0) is 0 Å². The normalized spacial score (nSPS) is 11.4. The minimum atomic E-state index is -0.357. The summed E-state index contributed by atoms with van der Waals surface area (Å²) in [4.78, 5) is 18.6. The number of rotatable bonds is 4. The van der Waals surface area contributed by atoms with E-state index >= 15 is 0 Å². The van der Waals surface area contributed by atoms with E-state index in [1.807, 2.05) is 53.2 Å². The fourth-order valence-electron chi connectivity index (χ4n) is 2.46. The molecule has 6 heteroatoms. The summed E-state index contributed by atoms with van der Waals surface area (Å²) >= 11 is 3.05. The monoisotopic (exact) mass is 367 g/mol. The summed E-state index contributed by atoms with van der Waals surface area (Å²) < 4.78 is 10.5. The van der Waals surface area contributed by atoms with Crippen molar-refractivity contribution in [3.8, 4) is 16.2 Å². The van der Waals surface area contributed by atoms with Crippen molar-refractivity contribution < 1.29 is 9.15 Å². The van der Waals surface area contributed by atoms with Gasteiger partial charge in [0.15, 0.2) is 0 Å². The van der Waals surface area contributed by atoms with Crippen LogP contribution in [0, 0.1) is 0 Å². The Morgan fingerprint density at radius 3 is 2.68 bits per heavy atom. The molecule has 0 amide bonds. The van der Waals surface area contributed by atoms with Gasteiger partial charge in [0.05, 0.1) is 7.11 Å². The van der Waals surface area contributed by atoms with Gasteiger partial charge in [-0.1, -0.05) is 18.2 Å². The maximum atomic E-state index is 12.4. The Hall–Kier alpha value is -2.70. The molecule has 0 N–H and O–H groups in total. The molecule has 0 aliphatic heterocycles. The van der Waals surface area contributed by atoms with E-state index in [1.165, 1.54) is 11.3 Å². The molecule has 0 bridgehead atoms. The molecule has 3 aromatic heterocycles. The van der Waals surface area contributed by atoms with E-state index in [0.717, 1.165) is 21.8 Å². The van der Waals surface area contributed by atoms with Gasteiger partial charge in [0.1, 0.15) is 16.0 Å². The predicted molar refractivity (Wildman–Crippen MR) is 103 cm³/mol. The van der Waals surface area contributed by atoms with Crippen molar-refractivity contribution >= 4 is 45.0 Å². The van der Waals surface area contributed by atoms with Gasteiger partial charge in [0.2, 0.25) is 5.89 Å². The topological polar surface area (TPSA) is 52.3 Å². The van der Waals surface area contributed by atoms with E-state index in [-0.39, 0.29) is 5.63 Å². The van der Waals surface area contributed by atoms with Gasteiger partial charge in [0.25, 0.3) is 0 Å². The maximum Gasteiger partial charge on any atom is 0.348 e. The van der Waals surface area contributed by atoms with E-state index in [2.05, 4.69) is 4.98 Å². The molecule has 1 aromatic carbocycles. The lowest BCUT2D eigenvalue weighted by Gasteiger charge is -1.99. The average Bonchev–Trinajstić information content (AvgIpc) is 3.29. The van der Waals surface area contributed by atoms with Gasteiger partial charge in [-0.3, -0.25) is 0 Å². The first-order chi connectivity index (χ1) is 12.2. The molecule has 0 radical (unpaired) electrons. The standard InChI is InChI=1S/C19H13NO3S2/c1-22-13-7-4-12(5-8-13)6-9-16-20-18-17(19(21)23-16)14(11-25-18)15-3-2-10-24-15/h2-11H,1H3. The van der Waals surface area contributed by atoms with Gasteiger partial charge < -0.3 is 9.15 Å². The molecule has 124 valence electrons. The second-order valence-corrected chi connectivity index (χ2v) is 7.06. The number of hydrogen-bond donors (Lipinski definition) is 0. The largest absolute Gasteiger partial charge is 0.497 e. The summed E-state index contributed by atoms with van der Waals surface area (Å²) in [6, 6.07) is 11.5. The van der Waals surface area contributed by atoms with Gasteiger partial charge >= 0.3 is 5.63 Å². The SMILES string of the molecule is COc1ccc(C=Cc2nc3scc(-c4cccs4)c3c(=O)o2)cc1. The Kier molecular flexibility index (Phi) is 4.21. The highest BCUT2D eigenvalue weighted by Crippen LogP contribution is 2.33. The zero-order valence-electron chi connectivity index (χ0n) is 13.3. The van der Waals surface area contributed by atoms with Crippen LogP contribution >= 0.6 is 22.7 Å². The summed E-state index contributed by atoms with van der Waals surface area (Å²) in [7, 11) is 1.63. The summed E-state index contributed by atoms with van der Waals surface area (Å²) in [6.45, 7) is 0. The lowest BCUT2D eigenvalue weighted by molar-refractivity contribution is 0.415. The van der Waals surface area contributed by atoms with Crippen molar-refractivity contribution in [1.82, 2.24) is 4.98 Å². The van der Waals surface area contributed by atoms with E-state index in [0.29, 0.717) is 16.1 Å². The fraction of sp³-hybridized carbons (Fsp3) is 0.0526. The van der Waals surface area contributed by atoms with Gasteiger partial charge in [-0.15, -0.1) is 22.7 Å². The number of ether oxygens (including phenoxy) is 1. The second kappa shape index (κ2) is 6.66. The van der Waals surface area contributed by atoms with Crippen LogP contribution in [-0.4, -0.2) is 12.1 Å². The quantitative estimate of drug-likeness (QED) is 0.500. The second-order valence-electron chi connectivity index (χ2n) is 5.25. The smallest absolute Gasteiger partial charge is 0.348 e. The number of benzene rings is 1. The highest BCUT2D eigenvalue weighted by molar-refractivity contribution is 7.18. The zero-order chi connectivity index (χ0) is 17.2. The average molecular weight is 367 g/mol. The molecule has 0 aliphatic carbocycles. The van der Waals surface area contributed by atoms with Crippen molar-refractivity contribution in [1.29, 1.82) is 0 Å². The van der Waals surface area contributed by atoms with Gasteiger partial charge in [-0.05, 0) is 35.2 Å². The van der Waals surface area contributed by atoms with Crippen LogP contribution in [0.15, 0.2) is 56.4 Å². The van der Waals surface area contributed by atoms with Gasteiger partial charge in [-0.2, -0.15) is 0 Å². The lowest BCUT2D eigenvalue weighted by atomic mass is 10.2. The molecule has 4 aromatic rings. The van der Waals surface area contributed by atoms with Crippen LogP contribution < -0.4 is 10.4 Å². The molecule has 0 fully saturated rings. The zero-order valence-corrected chi connectivity index (χ0v) is 14.9. The third-order valence-electron chi connectivity index (χ3n) is 3.71. The molecule has 3 heterocycles. The Balaban J connectivity index is 1.69. The van der Waals surface area contributed by atoms with Crippen LogP contribution in [0.4, 0.5) is 0 Å². The molecular weight excluding hydrogens is 354 g/mol. The first-order valence-corrected chi connectivity index (χ1v) is 9.29. The van der Waals surface area contributed by atoms with E-state index < -0.39 is 0 Å². The van der Waals surface area contributed by atoms with Crippen LogP contribution in [0.3, 0.4) is 0 Å². The van der Waals surface area contributed by atoms with Crippen molar-refractivity contribution in [3.63, 3.8) is 0 Å². The molecule has 25 heavy (non-hydrogen) atoms. The number of fused-ring (bicyclic) bond motifs is 1. The van der Waals surface area contributed by atoms with Gasteiger partial charge in [0, 0.05) is 21.9 Å². The summed E-state index contributed by atoms with van der Waals surface area (Å²) in [5, 5.41) is 4.49. The Labute approximate surface area is 151 Å². The van der Waals surface area contributed by atoms with Crippen molar-refractivity contribution in [2.45, 2.75) is 0 Å². The Bertz CT molecular complexity index is 1090. The third-order valence-corrected chi connectivity index (χ3v) is 5.48. The fourth-order valence-corrected chi connectivity index (χ4v) is 4.21. The number of nitrogens with zero attached hydrogens (tertiary/aromatic N) is 1.